The number of anilines is 2. The van der Waals surface area contributed by atoms with Crippen LogP contribution in [0.3, 0.4) is 0 Å². The zero-order chi connectivity index (χ0) is 34.5. The summed E-state index contributed by atoms with van der Waals surface area (Å²) in [6.45, 7) is 6.02. The Balaban J connectivity index is 1.58. The van der Waals surface area contributed by atoms with Crippen molar-refractivity contribution in [2.75, 3.05) is 43.8 Å². The van der Waals surface area contributed by atoms with Crippen molar-refractivity contribution in [1.82, 2.24) is 25.2 Å². The van der Waals surface area contributed by atoms with Gasteiger partial charge in [0, 0.05) is 25.2 Å². The number of halogens is 7. The van der Waals surface area contributed by atoms with Gasteiger partial charge in [-0.3, -0.25) is 4.90 Å². The third kappa shape index (κ3) is 5.83. The Bertz CT molecular complexity index is 1830. The first-order valence-corrected chi connectivity index (χ1v) is 15.5. The quantitative estimate of drug-likeness (QED) is 0.208. The summed E-state index contributed by atoms with van der Waals surface area (Å²) in [5, 5.41) is 6.21. The smallest absolute Gasteiger partial charge is 0.417 e. The third-order valence-corrected chi connectivity index (χ3v) is 9.22. The minimum atomic E-state index is -5.33. The van der Waals surface area contributed by atoms with Crippen LogP contribution in [-0.4, -0.2) is 64.3 Å². The number of fused-ring (bicyclic) bond motifs is 1. The third-order valence-electron chi connectivity index (χ3n) is 9.22. The number of benzene rings is 1. The van der Waals surface area contributed by atoms with Gasteiger partial charge in [-0.15, -0.1) is 0 Å². The predicted octanol–water partition coefficient (Wildman–Crippen LogP) is 6.57. The summed E-state index contributed by atoms with van der Waals surface area (Å²) in [5.41, 5.74) is -0.774. The van der Waals surface area contributed by atoms with Crippen molar-refractivity contribution < 1.29 is 40.2 Å². The van der Waals surface area contributed by atoms with Crippen LogP contribution in [0.2, 0.25) is 0 Å². The van der Waals surface area contributed by atoms with Gasteiger partial charge in [-0.1, -0.05) is 6.08 Å². The first-order valence-electron chi connectivity index (χ1n) is 15.5. The highest BCUT2D eigenvalue weighted by atomic mass is 19.4. The van der Waals surface area contributed by atoms with Crippen molar-refractivity contribution in [2.45, 2.75) is 64.3 Å². The van der Waals surface area contributed by atoms with E-state index in [9.17, 15) is 22.0 Å². The highest BCUT2D eigenvalue weighted by molar-refractivity contribution is 5.97. The molecule has 4 N–H and O–H groups in total. The maximum atomic E-state index is 16.7. The molecule has 0 amide bonds. The average Bonchev–Trinajstić information content (AvgIpc) is 3.59. The predicted molar refractivity (Wildman–Crippen MR) is 165 cm³/mol. The molecule has 3 aliphatic rings. The molecule has 16 heteroatoms. The highest BCUT2D eigenvalue weighted by Gasteiger charge is 2.47. The van der Waals surface area contributed by atoms with E-state index in [-0.39, 0.29) is 36.2 Å². The normalized spacial score (nSPS) is 23.5. The molecule has 0 bridgehead atoms. The zero-order valence-corrected chi connectivity index (χ0v) is 26.4. The van der Waals surface area contributed by atoms with Gasteiger partial charge >= 0.3 is 12.2 Å². The van der Waals surface area contributed by atoms with E-state index in [0.717, 1.165) is 25.6 Å². The Morgan fingerprint density at radius 3 is 2.60 bits per heavy atom. The monoisotopic (exact) mass is 681 g/mol. The lowest BCUT2D eigenvalue weighted by atomic mass is 9.94. The fourth-order valence-corrected chi connectivity index (χ4v) is 6.76. The molecule has 9 nitrogen and oxygen atoms in total. The lowest BCUT2D eigenvalue weighted by Crippen LogP contribution is -2.43. The summed E-state index contributed by atoms with van der Waals surface area (Å²) >= 11 is 0. The fraction of sp³-hybridized carbons (Fsp3) is 0.469. The second-order valence-corrected chi connectivity index (χ2v) is 12.4. The van der Waals surface area contributed by atoms with E-state index in [2.05, 4.69) is 30.5 Å². The molecule has 0 spiro atoms. The topological polar surface area (TPSA) is 110 Å². The lowest BCUT2D eigenvalue weighted by molar-refractivity contribution is -0.137. The number of rotatable bonds is 4. The molecule has 5 heterocycles. The van der Waals surface area contributed by atoms with Crippen LogP contribution in [0, 0.1) is 24.4 Å². The molecule has 3 aliphatic heterocycles. The molecule has 2 aromatic heterocycles. The van der Waals surface area contributed by atoms with E-state index in [1.54, 1.807) is 6.92 Å². The van der Waals surface area contributed by atoms with Gasteiger partial charge in [-0.2, -0.15) is 23.1 Å². The Labute approximate surface area is 271 Å². The summed E-state index contributed by atoms with van der Waals surface area (Å²) in [7, 11) is 0. The van der Waals surface area contributed by atoms with Gasteiger partial charge in [0.2, 0.25) is 5.88 Å². The Morgan fingerprint density at radius 2 is 1.90 bits per heavy atom. The van der Waals surface area contributed by atoms with Crippen molar-refractivity contribution in [2.24, 2.45) is 0 Å². The van der Waals surface area contributed by atoms with Crippen LogP contribution in [-0.2, 0) is 6.18 Å². The van der Waals surface area contributed by atoms with Gasteiger partial charge in [0.1, 0.15) is 34.7 Å². The van der Waals surface area contributed by atoms with E-state index in [1.807, 2.05) is 13.0 Å². The number of aromatic nitrogens is 3. The summed E-state index contributed by atoms with van der Waals surface area (Å²) < 4.78 is 116. The first-order chi connectivity index (χ1) is 22.8. The summed E-state index contributed by atoms with van der Waals surface area (Å²) in [4.78, 5) is 14.9. The number of nitrogen functional groups attached to an aromatic ring is 1. The second-order valence-electron chi connectivity index (χ2n) is 12.4. The van der Waals surface area contributed by atoms with Gasteiger partial charge < -0.3 is 25.8 Å². The molecule has 1 aromatic carbocycles. The number of nitrogens with two attached hydrogens (primary N) is 1. The molecule has 2 atom stereocenters. The molecule has 258 valence electrons. The van der Waals surface area contributed by atoms with Crippen LogP contribution >= 0.6 is 0 Å². The molecule has 0 radical (unpaired) electrons. The molecule has 48 heavy (non-hydrogen) atoms. The first kappa shape index (κ1) is 33.6. The molecular formula is C32H34F7N7O2. The van der Waals surface area contributed by atoms with E-state index in [0.29, 0.717) is 44.3 Å². The number of allylic oxidation sites excluding steroid dienone is 1. The minimum Gasteiger partial charge on any atom is -0.474 e. The van der Waals surface area contributed by atoms with E-state index < -0.39 is 68.9 Å². The number of alkyl halides is 3. The molecular weight excluding hydrogens is 647 g/mol. The lowest BCUT2D eigenvalue weighted by Gasteiger charge is -2.30. The largest absolute Gasteiger partial charge is 0.474 e. The molecule has 0 unspecified atom stereocenters. The number of hydrogen-bond acceptors (Lipinski definition) is 9. The maximum absolute atomic E-state index is 16.7. The van der Waals surface area contributed by atoms with Crippen LogP contribution < -0.4 is 25.8 Å². The average molecular weight is 682 g/mol. The number of nitrogens with one attached hydrogen (secondary N) is 2. The van der Waals surface area contributed by atoms with Crippen molar-refractivity contribution >= 4 is 22.4 Å². The number of pyridine rings is 1. The van der Waals surface area contributed by atoms with Crippen LogP contribution in [0.15, 0.2) is 23.7 Å². The summed E-state index contributed by atoms with van der Waals surface area (Å²) in [6.07, 6.45) is -1.20. The van der Waals surface area contributed by atoms with Gasteiger partial charge in [0.25, 0.3) is 0 Å². The Morgan fingerprint density at radius 1 is 1.12 bits per heavy atom. The molecule has 2 saturated heterocycles. The van der Waals surface area contributed by atoms with E-state index >= 15 is 8.78 Å². The zero-order valence-electron chi connectivity index (χ0n) is 26.4. The van der Waals surface area contributed by atoms with Gasteiger partial charge in [-0.05, 0) is 57.7 Å². The van der Waals surface area contributed by atoms with Crippen molar-refractivity contribution in [3.8, 4) is 23.1 Å². The SMILES string of the molecule is C/C=C1/CNc2nc(OC[C@@]34CCCN3C/C(=C\F)C4)nc3c(F)c(-c4c(F)c(N)c(F)c(C)c4C(F)(F)F)nc(c23)O[C@@H](C)CCN1. The standard InChI is InChI=1S/C32H34F7N7O2/c1-4-18-12-42-28-20-27(44-30(45-28)47-14-31-7-5-9-46(31)13-17(10-31)11-33)24(36)26(43-29(20)48-15(2)6-8-41-18)19-21(32(37,38)39)16(3)22(34)25(40)23(19)35/h4,11,15,41H,5-10,12-14,40H2,1-3H3,(H,42,44,45)/b17-11-,18-4-/t15-,31-/m0/s1. The summed E-state index contributed by atoms with van der Waals surface area (Å²) in [6, 6.07) is -0.338. The maximum Gasteiger partial charge on any atom is 0.417 e. The van der Waals surface area contributed by atoms with Gasteiger partial charge in [0.15, 0.2) is 17.5 Å². The van der Waals surface area contributed by atoms with Crippen LogP contribution in [0.5, 0.6) is 11.9 Å². The van der Waals surface area contributed by atoms with E-state index in [4.69, 9.17) is 15.2 Å². The van der Waals surface area contributed by atoms with Gasteiger partial charge in [-0.25, -0.2) is 22.5 Å². The Hall–Kier alpha value is -4.34. The molecule has 3 aromatic rings. The van der Waals surface area contributed by atoms with Crippen LogP contribution in [0.1, 0.15) is 50.7 Å². The summed E-state index contributed by atoms with van der Waals surface area (Å²) in [5.74, 6) is -5.31. The second kappa shape index (κ2) is 12.6. The molecule has 0 saturated carbocycles. The number of ether oxygens (including phenoxy) is 2. The Kier molecular flexibility index (Phi) is 8.81. The molecule has 2 fully saturated rings. The number of nitrogens with zero attached hydrogens (tertiary/aromatic N) is 4. The van der Waals surface area contributed by atoms with Crippen molar-refractivity contribution in [3.05, 3.63) is 52.3 Å². The molecule has 0 aliphatic carbocycles. The van der Waals surface area contributed by atoms with Crippen LogP contribution in [0.4, 0.5) is 42.2 Å². The van der Waals surface area contributed by atoms with Gasteiger partial charge in [0.05, 0.1) is 35.6 Å². The minimum absolute atomic E-state index is 0.0114. The van der Waals surface area contributed by atoms with Crippen molar-refractivity contribution in [1.29, 1.82) is 0 Å². The fourth-order valence-electron chi connectivity index (χ4n) is 6.76. The van der Waals surface area contributed by atoms with Crippen molar-refractivity contribution in [3.63, 3.8) is 0 Å². The molecule has 6 rings (SSSR count). The van der Waals surface area contributed by atoms with E-state index in [1.165, 1.54) is 0 Å². The number of hydrogen-bond donors (Lipinski definition) is 3. The van der Waals surface area contributed by atoms with Crippen LogP contribution in [0.25, 0.3) is 22.2 Å². The highest BCUT2D eigenvalue weighted by Crippen LogP contribution is 2.47.